The second-order valence-electron chi connectivity index (χ2n) is 33.6. The van der Waals surface area contributed by atoms with Crippen LogP contribution in [-0.2, 0) is 0 Å². The quantitative estimate of drug-likeness (QED) is 0.103. The minimum Gasteiger partial charge on any atom is -0.454 e. The van der Waals surface area contributed by atoms with Gasteiger partial charge < -0.3 is 32.5 Å². The highest BCUT2D eigenvalue weighted by molar-refractivity contribution is 7.25. The van der Waals surface area contributed by atoms with Gasteiger partial charge in [0.15, 0.2) is 5.58 Å². The number of hydrogen-bond acceptors (Lipinski definition) is 4. The van der Waals surface area contributed by atoms with Gasteiger partial charge in [-0.2, -0.15) is 0 Å². The van der Waals surface area contributed by atoms with Crippen molar-refractivity contribution >= 4 is 175 Å². The summed E-state index contributed by atoms with van der Waals surface area (Å²) in [7, 11) is 0. The lowest BCUT2D eigenvalue weighted by molar-refractivity contribution is 0.664. The van der Waals surface area contributed by atoms with Gasteiger partial charge in [-0.05, 0) is 185 Å². The van der Waals surface area contributed by atoms with Gasteiger partial charge in [-0.15, -0.1) is 11.3 Å². The van der Waals surface area contributed by atoms with Gasteiger partial charge >= 0.3 is 0 Å². The lowest BCUT2D eigenvalue weighted by atomic mass is 9.94. The fraction of sp³-hybridized carbons (Fsp3) is 0.0167. The van der Waals surface area contributed by atoms with Crippen molar-refractivity contribution in [3.8, 4) is 67.3 Å². The van der Waals surface area contributed by atoms with E-state index in [1.165, 1.54) is 113 Å². The molecule has 0 aliphatic heterocycles. The van der Waals surface area contributed by atoms with Crippen molar-refractivity contribution < 1.29 is 4.42 Å². The smallest absolute Gasteiger partial charge is 0.159 e. The number of hydrogen-bond donors (Lipinski definition) is 0. The van der Waals surface area contributed by atoms with Crippen molar-refractivity contribution in [3.63, 3.8) is 0 Å². The maximum Gasteiger partial charge on any atom is 0.159 e. The molecule has 0 saturated heterocycles. The molecule has 6 aromatic heterocycles. The van der Waals surface area contributed by atoms with E-state index < -0.39 is 0 Å². The molecule has 0 fully saturated rings. The van der Waals surface area contributed by atoms with Crippen LogP contribution in [0.3, 0.4) is 0 Å². The van der Waals surface area contributed by atoms with Gasteiger partial charge in [-0.25, -0.2) is 0 Å². The van der Waals surface area contributed by atoms with Crippen LogP contribution in [0.25, 0.3) is 202 Å². The minimum atomic E-state index is -0.0906. The highest BCUT2D eigenvalue weighted by atomic mass is 32.1. The number of thiophene rings is 1. The number of benzene rings is 19. The summed E-state index contributed by atoms with van der Waals surface area (Å²) in [5.74, 6) is 0. The predicted molar refractivity (Wildman–Crippen MR) is 541 cm³/mol. The molecule has 128 heavy (non-hydrogen) atoms. The predicted octanol–water partition coefficient (Wildman–Crippen LogP) is 33.0. The van der Waals surface area contributed by atoms with Crippen molar-refractivity contribution in [2.45, 2.75) is 12.5 Å². The normalized spacial score (nSPS) is 13.1. The zero-order valence-corrected chi connectivity index (χ0v) is 70.4. The summed E-state index contributed by atoms with van der Waals surface area (Å²) in [5, 5.41) is 14.5. The van der Waals surface area contributed by atoms with E-state index >= 15 is 0 Å². The number of furan rings is 1. The number of fused-ring (bicyclic) bond motifs is 18. The number of anilines is 5. The molecule has 25 aromatic rings. The minimum absolute atomic E-state index is 0.0906. The number of allylic oxidation sites excluding steroid dienone is 2. The first kappa shape index (κ1) is 73.1. The van der Waals surface area contributed by atoms with Crippen LogP contribution in [0.1, 0.15) is 12.0 Å². The first-order chi connectivity index (χ1) is 63.5. The van der Waals surface area contributed by atoms with Gasteiger partial charge in [0.2, 0.25) is 0 Å². The largest absolute Gasteiger partial charge is 0.454 e. The van der Waals surface area contributed by atoms with Crippen molar-refractivity contribution in [3.05, 3.63) is 461 Å². The Hall–Kier alpha value is -16.5. The summed E-state index contributed by atoms with van der Waals surface area (Å²) in [4.78, 5) is 4.93. The molecule has 600 valence electrons. The summed E-state index contributed by atoms with van der Waals surface area (Å²) < 4.78 is 19.7. The third kappa shape index (κ3) is 11.6. The fourth-order valence-corrected chi connectivity index (χ4v) is 22.2. The molecule has 8 heteroatoms. The van der Waals surface area contributed by atoms with E-state index in [-0.39, 0.29) is 6.04 Å². The summed E-state index contributed by atoms with van der Waals surface area (Å²) >= 11 is 1.85. The van der Waals surface area contributed by atoms with E-state index in [2.05, 4.69) is 483 Å². The number of nitrogens with zero attached hydrogens (tertiary/aromatic N) is 6. The Morgan fingerprint density at radius 3 is 1.09 bits per heavy atom. The van der Waals surface area contributed by atoms with Gasteiger partial charge in [-0.1, -0.05) is 309 Å². The molecule has 0 radical (unpaired) electrons. The van der Waals surface area contributed by atoms with Crippen LogP contribution in [0.2, 0.25) is 0 Å². The molecule has 1 aliphatic rings. The van der Waals surface area contributed by atoms with Crippen molar-refractivity contribution in [1.82, 2.24) is 18.3 Å². The van der Waals surface area contributed by atoms with Crippen LogP contribution in [0.15, 0.2) is 459 Å². The summed E-state index contributed by atoms with van der Waals surface area (Å²) in [6, 6.07) is 161. The Balaban J connectivity index is 0.563. The third-order valence-corrected chi connectivity index (χ3v) is 27.9. The zero-order valence-electron chi connectivity index (χ0n) is 69.6. The molecule has 1 aliphatic carbocycles. The zero-order chi connectivity index (χ0) is 84.0. The molecular formula is C120H78N6OS. The molecule has 0 spiro atoms. The number of para-hydroxylation sites is 12. The number of rotatable bonds is 15. The van der Waals surface area contributed by atoms with Gasteiger partial charge in [-0.3, -0.25) is 0 Å². The van der Waals surface area contributed by atoms with Crippen LogP contribution in [0, 0.1) is 0 Å². The number of aromatic nitrogens is 4. The van der Waals surface area contributed by atoms with Gasteiger partial charge in [0.25, 0.3) is 0 Å². The summed E-state index contributed by atoms with van der Waals surface area (Å²) in [6.07, 6.45) is 7.94. The molecule has 0 N–H and O–H groups in total. The third-order valence-electron chi connectivity index (χ3n) is 26.7. The van der Waals surface area contributed by atoms with E-state index in [1.54, 1.807) is 0 Å². The standard InChI is InChI=1S/C120H78N6OS/c1-13-41-103(123-107-45-17-5-31-92(107)93-32-6-18-46-108(93)123)87(27-1)77-55-64-82(65-56-77)121(86-72-73-100-99-38-12-24-54-117(99)128-118(100)76-86)83-66-57-78(58-67-83)90-30-4-16-44-106(90)126-113-51-23-11-37-98(113)102-75-81(63-74-114(102)126)91-39-26-53-116-119(91)101-40-25-52-115(120(101)127-116)122(84-68-59-79(60-69-84)88-28-2-14-42-104(88)124-109-47-19-7-33-94(109)95-34-8-20-48-110(95)124)85-70-61-80(62-71-85)89-29-3-15-43-105(89)125-111-49-21-9-35-96(111)97-36-10-22-50-112(97)125/h1-70,72-76,85H,71H2. The summed E-state index contributed by atoms with van der Waals surface area (Å²) in [5.41, 5.74) is 32.3. The molecule has 0 saturated carbocycles. The SMILES string of the molecule is C1=CC(N(c2ccc(-c3ccccc3-n3c4ccccc4c4ccccc43)cc2)c2cccc3c2oc2cccc(-c4ccc5c(c4)c4ccccc4n5-c4ccccc4-c4ccc(N(c5ccc(-c6ccccc6-n6c7ccccc7c7ccccc76)cc5)c5ccc6c(c5)sc5ccccc56)cc4)c23)CC=C1c1ccccc1-n1c2ccccc2c2ccccc21. The molecule has 1 unspecified atom stereocenters. The molecule has 6 heterocycles. The van der Waals surface area contributed by atoms with Crippen LogP contribution in [0.5, 0.6) is 0 Å². The van der Waals surface area contributed by atoms with Crippen LogP contribution < -0.4 is 9.80 Å². The monoisotopic (exact) mass is 1650 g/mol. The average molecular weight is 1650 g/mol. The maximum atomic E-state index is 7.40. The Bertz CT molecular complexity index is 8730. The van der Waals surface area contributed by atoms with E-state index in [1.807, 2.05) is 11.3 Å². The second-order valence-corrected chi connectivity index (χ2v) is 34.7. The molecule has 1 atom stereocenters. The second kappa shape index (κ2) is 29.6. The van der Waals surface area contributed by atoms with Crippen LogP contribution in [0.4, 0.5) is 28.4 Å². The highest BCUT2D eigenvalue weighted by Crippen LogP contribution is 2.50. The lowest BCUT2D eigenvalue weighted by Crippen LogP contribution is -2.30. The Labute approximate surface area is 742 Å². The Morgan fingerprint density at radius 2 is 0.617 bits per heavy atom. The molecule has 26 rings (SSSR count). The van der Waals surface area contributed by atoms with Gasteiger partial charge in [0.1, 0.15) is 5.58 Å². The lowest BCUT2D eigenvalue weighted by Gasteiger charge is -2.33. The Kier molecular flexibility index (Phi) is 16.9. The van der Waals surface area contributed by atoms with Crippen LogP contribution in [-0.4, -0.2) is 24.3 Å². The fourth-order valence-electron chi connectivity index (χ4n) is 21.1. The van der Waals surface area contributed by atoms with Crippen molar-refractivity contribution in [2.24, 2.45) is 0 Å². The van der Waals surface area contributed by atoms with Crippen molar-refractivity contribution in [2.75, 3.05) is 9.80 Å². The molecule has 19 aromatic carbocycles. The Morgan fingerprint density at radius 1 is 0.258 bits per heavy atom. The van der Waals surface area contributed by atoms with Gasteiger partial charge in [0.05, 0.1) is 78.6 Å². The maximum absolute atomic E-state index is 7.40. The van der Waals surface area contributed by atoms with E-state index in [0.717, 1.165) is 130 Å². The molecular weight excluding hydrogens is 1570 g/mol. The first-order valence-corrected chi connectivity index (χ1v) is 44.9. The molecule has 7 nitrogen and oxygen atoms in total. The summed E-state index contributed by atoms with van der Waals surface area (Å²) in [6.45, 7) is 0. The van der Waals surface area contributed by atoms with Gasteiger partial charge in [0, 0.05) is 119 Å². The average Bonchev–Trinajstić information content (AvgIpc) is 1.56. The van der Waals surface area contributed by atoms with E-state index in [0.29, 0.717) is 0 Å². The topological polar surface area (TPSA) is 39.3 Å². The van der Waals surface area contributed by atoms with E-state index in [9.17, 15) is 0 Å². The molecule has 0 bridgehead atoms. The first-order valence-electron chi connectivity index (χ1n) is 44.0. The van der Waals surface area contributed by atoms with E-state index in [4.69, 9.17) is 4.42 Å². The van der Waals surface area contributed by atoms with Crippen molar-refractivity contribution in [1.29, 1.82) is 0 Å². The highest BCUT2D eigenvalue weighted by Gasteiger charge is 2.29. The van der Waals surface area contributed by atoms with Crippen LogP contribution >= 0.6 is 11.3 Å². The molecule has 0 amide bonds.